The van der Waals surface area contributed by atoms with Crippen molar-refractivity contribution < 1.29 is 92.1 Å². The van der Waals surface area contributed by atoms with E-state index in [4.69, 9.17) is 4.55 Å². The molecule has 0 fully saturated rings. The summed E-state index contributed by atoms with van der Waals surface area (Å²) < 4.78 is 175. The number of Topliss-reactive ketones (excluding diaryl/α,β-unsaturated/α-hetero) is 1. The van der Waals surface area contributed by atoms with Gasteiger partial charge in [0.05, 0.1) is 34.2 Å². The molecule has 31 heteroatoms. The van der Waals surface area contributed by atoms with Gasteiger partial charge in [-0.3, -0.25) is 23.0 Å². The Hall–Kier alpha value is -7.07. The predicted molar refractivity (Wildman–Crippen MR) is 361 cm³/mol. The molecule has 1 unspecified atom stereocenters. The van der Waals surface area contributed by atoms with E-state index in [1.807, 2.05) is 119 Å². The fourth-order valence-electron chi connectivity index (χ4n) is 8.56. The molecule has 5 aromatic heterocycles. The van der Waals surface area contributed by atoms with E-state index in [-0.39, 0.29) is 87.0 Å². The van der Waals surface area contributed by atoms with Crippen LogP contribution in [0.1, 0.15) is 166 Å². The average Bonchev–Trinajstić information content (AvgIpc) is 1.08. The van der Waals surface area contributed by atoms with Crippen LogP contribution in [0, 0.1) is 5.92 Å². The van der Waals surface area contributed by atoms with Gasteiger partial charge in [-0.25, -0.2) is 53.7 Å². The third-order valence-electron chi connectivity index (χ3n) is 13.2. The van der Waals surface area contributed by atoms with Gasteiger partial charge in [-0.1, -0.05) is 111 Å². The summed E-state index contributed by atoms with van der Waals surface area (Å²) in [6, 6.07) is 13.5. The number of nitrogens with zero attached hydrogens (tertiary/aromatic N) is 10. The first-order chi connectivity index (χ1) is 40.9. The van der Waals surface area contributed by atoms with Gasteiger partial charge in [0.25, 0.3) is 30.4 Å². The normalized spacial score (nSPS) is 11.8. The van der Waals surface area contributed by atoms with Crippen molar-refractivity contribution in [3.63, 3.8) is 0 Å². The van der Waals surface area contributed by atoms with E-state index < -0.39 is 61.7 Å². The summed E-state index contributed by atoms with van der Waals surface area (Å²) in [6.45, 7) is 21.8. The summed E-state index contributed by atoms with van der Waals surface area (Å²) in [4.78, 5) is 10.1. The van der Waals surface area contributed by atoms with Gasteiger partial charge in [0.2, 0.25) is 37.9 Å². The Morgan fingerprint density at radius 2 is 0.915 bits per heavy atom. The Labute approximate surface area is 560 Å². The molecule has 0 aliphatic rings. The number of carbonyl (C=O) groups excluding carboxylic acids is 1. The van der Waals surface area contributed by atoms with Crippen molar-refractivity contribution >= 4 is 56.4 Å². The number of aryl methyl sites for hydroxylation is 4. The van der Waals surface area contributed by atoms with Gasteiger partial charge in [-0.15, -0.1) is 0 Å². The van der Waals surface area contributed by atoms with Crippen LogP contribution in [0.2, 0.25) is 0 Å². The number of carbonyl (C=O) groups is 1. The maximum Gasteiger partial charge on any atom is 0.401 e. The third kappa shape index (κ3) is 27.0. The molecule has 0 saturated carbocycles. The maximum atomic E-state index is 12.2. The van der Waals surface area contributed by atoms with Crippen LogP contribution in [-0.4, -0.2) is 95.2 Å². The number of hydrogen-bond acceptors (Lipinski definition) is 12. The van der Waals surface area contributed by atoms with Crippen molar-refractivity contribution in [2.24, 2.45) is 34.1 Å². The molecule has 0 bridgehead atoms. The smallest absolute Gasteiger partial charge is 0.296 e. The molecule has 0 spiro atoms. The number of rotatable bonds is 18. The summed E-state index contributed by atoms with van der Waals surface area (Å²) in [5, 5.41) is 0. The summed E-state index contributed by atoms with van der Waals surface area (Å²) in [5.74, 6) is 0.385. The third-order valence-corrected chi connectivity index (χ3v) is 17.4. The lowest BCUT2D eigenvalue weighted by Crippen LogP contribution is -2.34. The molecule has 3 aromatic carbocycles. The molecule has 26 nitrogen and oxygen atoms in total. The van der Waals surface area contributed by atoms with E-state index in [0.717, 1.165) is 17.4 Å². The van der Waals surface area contributed by atoms with Gasteiger partial charge in [0.15, 0.2) is 27.0 Å². The minimum absolute atomic E-state index is 0. The van der Waals surface area contributed by atoms with Crippen molar-refractivity contribution in [2.75, 3.05) is 6.26 Å². The summed E-state index contributed by atoms with van der Waals surface area (Å²) in [5.41, 5.74) is 3.20. The van der Waals surface area contributed by atoms with Crippen LogP contribution in [0.4, 0.5) is 0 Å². The van der Waals surface area contributed by atoms with Gasteiger partial charge in [-0.05, 0) is 85.5 Å². The van der Waals surface area contributed by atoms with E-state index >= 15 is 0 Å². The molecular weight excluding hydrogens is 1310 g/mol. The lowest BCUT2D eigenvalue weighted by atomic mass is 10.0. The zero-order valence-electron chi connectivity index (χ0n) is 52.9. The molecule has 8 aromatic rings. The van der Waals surface area contributed by atoms with Gasteiger partial charge >= 0.3 is 10.4 Å². The molecule has 528 valence electrons. The standard InChI is InChI=1S/C14H18N2O5S2.C14H18N2O3S.C13H16N2O3S.C9H15N2O.C8H14N2O4S.5CH4/c1-10(2)11-7-12(22(4,17)18)14(13(8-11)23(19,20)21)16-6-5-15(3)9-16;1-11(2)12-4-5-13(14(8-12)20(17,18)19)9-16-7-6-15(3)10-16;1-10(2)11-4-5-12(13(8-11)19(16,17)18)15-7-6-14(3)9-15;1-8(2)11-5-4-10(7-11)6-9(3)12;1-7(2)8(14-15(11,12)13)10-5-4-9(3)6-10;;;;;/h5-10H,1-4H3;4-8,10-11H,9H2,1-3H3;4-10H,1-3H3;4-5,7-8H,6H2,1-3H3;4-8H,1-3H3;5*1H4/q;;;+1;;;;;;/p+4. The predicted octanol–water partition coefficient (Wildman–Crippen LogP) is 8.89. The number of ketones is 1. The summed E-state index contributed by atoms with van der Waals surface area (Å²) in [6.07, 6.45) is 26.7. The molecule has 0 saturated heterocycles. The van der Waals surface area contributed by atoms with Crippen molar-refractivity contribution in [1.82, 2.24) is 22.8 Å². The average molecular weight is 1420 g/mol. The first-order valence-electron chi connectivity index (χ1n) is 27.8. The highest BCUT2D eigenvalue weighted by molar-refractivity contribution is 7.91. The highest BCUT2D eigenvalue weighted by Crippen LogP contribution is 2.32. The van der Waals surface area contributed by atoms with Gasteiger partial charge in [-0.2, -0.15) is 38.2 Å². The van der Waals surface area contributed by atoms with Crippen LogP contribution in [0.5, 0.6) is 0 Å². The molecule has 0 aliphatic heterocycles. The quantitative estimate of drug-likeness (QED) is 0.0460. The molecule has 0 amide bonds. The van der Waals surface area contributed by atoms with E-state index in [1.165, 1.54) is 35.3 Å². The van der Waals surface area contributed by atoms with E-state index in [9.17, 15) is 60.5 Å². The monoisotopic (exact) mass is 1420 g/mol. The van der Waals surface area contributed by atoms with E-state index in [2.05, 4.69) is 22.6 Å². The van der Waals surface area contributed by atoms with Gasteiger partial charge < -0.3 is 0 Å². The number of hydrogen-bond donors (Lipinski definition) is 4. The molecular formula is C63H105N10O16S5+5. The Balaban J connectivity index is 0. The summed E-state index contributed by atoms with van der Waals surface area (Å²) >= 11 is 0. The SMILES string of the molecule is C.C.C.C.C.CC(=O)C[n+]1ccn(C(C)C)c1.CC(C)C(OS(=O)(=O)O)n1cc[n+](C)c1.CC(C)c1cc(S(C)(=O)=O)c(-n2cc[n+](C)c2)c(S(=O)(=O)O)c1.CC(C)c1ccc(-n2cc[n+](C)c2)c(S(=O)(=O)O)c1.CC(C)c1ccc(Cn2cc[n+](C)c2)c(S(=O)(=O)O)c1. The molecule has 8 rings (SSSR count). The fourth-order valence-corrected chi connectivity index (χ4v) is 12.3. The molecule has 94 heavy (non-hydrogen) atoms. The van der Waals surface area contributed by atoms with Crippen LogP contribution < -0.4 is 22.8 Å². The van der Waals surface area contributed by atoms with Crippen molar-refractivity contribution in [2.45, 2.75) is 176 Å². The second kappa shape index (κ2) is 36.7. The fraction of sp³-hybridized carbons (Fsp3) is 0.460. The Bertz CT molecular complexity index is 4260. The number of benzene rings is 3. The Morgan fingerprint density at radius 1 is 0.489 bits per heavy atom. The van der Waals surface area contributed by atoms with Crippen LogP contribution in [0.15, 0.2) is 162 Å². The number of imidazole rings is 5. The van der Waals surface area contributed by atoms with Crippen molar-refractivity contribution in [3.05, 3.63) is 164 Å². The zero-order valence-corrected chi connectivity index (χ0v) is 56.9. The molecule has 0 radical (unpaired) electrons. The molecule has 0 aliphatic carbocycles. The zero-order chi connectivity index (χ0) is 67.5. The highest BCUT2D eigenvalue weighted by atomic mass is 32.3. The second-order valence-corrected chi connectivity index (χ2v) is 30.1. The largest absolute Gasteiger partial charge is 0.401 e. The van der Waals surface area contributed by atoms with E-state index in [0.29, 0.717) is 35.9 Å². The van der Waals surface area contributed by atoms with E-state index in [1.54, 1.807) is 120 Å². The van der Waals surface area contributed by atoms with Gasteiger partial charge in [0, 0.05) is 17.7 Å². The molecule has 1 atom stereocenters. The van der Waals surface area contributed by atoms with Crippen LogP contribution in [-0.2, 0) is 101 Å². The Kier molecular flexibility index (Phi) is 34.8. The minimum atomic E-state index is -4.61. The second-order valence-electron chi connectivity index (χ2n) is 22.9. The van der Waals surface area contributed by atoms with Crippen LogP contribution >= 0.6 is 0 Å². The summed E-state index contributed by atoms with van der Waals surface area (Å²) in [7, 11) is -14.0. The maximum absolute atomic E-state index is 12.2. The minimum Gasteiger partial charge on any atom is -0.296 e. The van der Waals surface area contributed by atoms with Gasteiger partial charge in [0.1, 0.15) is 94.6 Å². The van der Waals surface area contributed by atoms with Crippen LogP contribution in [0.25, 0.3) is 11.4 Å². The first kappa shape index (κ1) is 89.0. The van der Waals surface area contributed by atoms with Crippen molar-refractivity contribution in [1.29, 1.82) is 0 Å². The lowest BCUT2D eigenvalue weighted by molar-refractivity contribution is -0.683. The topological polar surface area (TPSA) is 322 Å². The lowest BCUT2D eigenvalue weighted by Gasteiger charge is -2.15. The van der Waals surface area contributed by atoms with Crippen molar-refractivity contribution in [3.8, 4) is 11.4 Å². The molecule has 5 heterocycles. The van der Waals surface area contributed by atoms with Crippen LogP contribution in [0.3, 0.4) is 0 Å². The highest BCUT2D eigenvalue weighted by Gasteiger charge is 2.31. The number of sulfone groups is 1. The Morgan fingerprint density at radius 3 is 1.30 bits per heavy atom. The molecule has 4 N–H and O–H groups in total. The number of aromatic nitrogens is 10. The first-order valence-corrected chi connectivity index (χ1v) is 35.3.